The molecule has 1 heterocycles. The molecule has 2 rings (SSSR count). The summed E-state index contributed by atoms with van der Waals surface area (Å²) in [7, 11) is 0. The Morgan fingerprint density at radius 3 is 2.90 bits per heavy atom. The predicted molar refractivity (Wildman–Crippen MR) is 75.5 cm³/mol. The maximum absolute atomic E-state index is 12.1. The zero-order valence-electron chi connectivity index (χ0n) is 11.4. The quantitative estimate of drug-likeness (QED) is 0.787. The highest BCUT2D eigenvalue weighted by atomic mass is 16.4. The Labute approximate surface area is 120 Å². The van der Waals surface area contributed by atoms with Crippen LogP contribution in [0.4, 0.5) is 0 Å². The van der Waals surface area contributed by atoms with E-state index in [1.54, 1.807) is 22.9 Å². The fraction of sp³-hybridized carbons (Fsp3) is 0.286. The predicted octanol–water partition coefficient (Wildman–Crippen LogP) is 0.657. The summed E-state index contributed by atoms with van der Waals surface area (Å²) < 4.78 is 1.70. The van der Waals surface area contributed by atoms with Gasteiger partial charge in [0.15, 0.2) is 0 Å². The summed E-state index contributed by atoms with van der Waals surface area (Å²) in [6.07, 6.45) is 5.01. The van der Waals surface area contributed by atoms with Gasteiger partial charge in [0.1, 0.15) is 11.6 Å². The number of carbonyl (C=O) groups is 2. The number of carboxylic acids is 1. The summed E-state index contributed by atoms with van der Waals surface area (Å²) in [5.41, 5.74) is 1.70. The van der Waals surface area contributed by atoms with Crippen LogP contribution in [0, 0.1) is 12.3 Å². The number of aliphatic carboxylic acids is 1. The molecule has 21 heavy (non-hydrogen) atoms. The molecule has 0 bridgehead atoms. The molecule has 1 unspecified atom stereocenters. The smallest absolute Gasteiger partial charge is 0.327 e. The molecule has 0 aliphatic rings. The van der Waals surface area contributed by atoms with Crippen LogP contribution < -0.4 is 5.32 Å². The van der Waals surface area contributed by atoms with Crippen molar-refractivity contribution in [2.24, 2.45) is 0 Å². The van der Waals surface area contributed by atoms with Crippen molar-refractivity contribution in [1.82, 2.24) is 20.3 Å². The van der Waals surface area contributed by atoms with E-state index in [1.165, 1.54) is 0 Å². The molecule has 0 radical (unpaired) electrons. The van der Waals surface area contributed by atoms with Crippen LogP contribution in [0.25, 0.3) is 11.0 Å². The van der Waals surface area contributed by atoms with E-state index in [0.717, 1.165) is 5.52 Å². The van der Waals surface area contributed by atoms with Crippen molar-refractivity contribution in [3.63, 3.8) is 0 Å². The molecular formula is C14H14N4O3. The van der Waals surface area contributed by atoms with Gasteiger partial charge in [-0.2, -0.15) is 0 Å². The van der Waals surface area contributed by atoms with Crippen LogP contribution in [0.3, 0.4) is 0 Å². The van der Waals surface area contributed by atoms with E-state index in [9.17, 15) is 9.59 Å². The standard InChI is InChI=1S/C14H14N4O3/c1-3-5-10(14(20)21)15-13(19)9-6-7-12-11(8-9)16-17-18(12)4-2/h1,6-8,10H,4-5H2,2H3,(H,15,19)(H,20,21). The van der Waals surface area contributed by atoms with Gasteiger partial charge in [0.2, 0.25) is 0 Å². The average molecular weight is 286 g/mol. The Kier molecular flexibility index (Phi) is 4.18. The maximum atomic E-state index is 12.1. The molecule has 1 atom stereocenters. The number of hydrogen-bond acceptors (Lipinski definition) is 4. The summed E-state index contributed by atoms with van der Waals surface area (Å²) in [5.74, 6) is 0.549. The third-order valence-corrected chi connectivity index (χ3v) is 3.00. The van der Waals surface area contributed by atoms with Gasteiger partial charge in [0, 0.05) is 18.5 Å². The number of benzene rings is 1. The van der Waals surface area contributed by atoms with Gasteiger partial charge < -0.3 is 10.4 Å². The number of terminal acetylenes is 1. The fourth-order valence-electron chi connectivity index (χ4n) is 1.91. The van der Waals surface area contributed by atoms with Crippen molar-refractivity contribution in [1.29, 1.82) is 0 Å². The second kappa shape index (κ2) is 6.05. The van der Waals surface area contributed by atoms with Crippen molar-refractivity contribution in [3.05, 3.63) is 23.8 Å². The molecule has 7 nitrogen and oxygen atoms in total. The molecule has 0 spiro atoms. The Morgan fingerprint density at radius 2 is 2.29 bits per heavy atom. The molecule has 1 aromatic carbocycles. The van der Waals surface area contributed by atoms with Gasteiger partial charge in [-0.05, 0) is 25.1 Å². The third-order valence-electron chi connectivity index (χ3n) is 3.00. The van der Waals surface area contributed by atoms with Crippen LogP contribution in [0.5, 0.6) is 0 Å². The molecule has 0 saturated heterocycles. The van der Waals surface area contributed by atoms with Gasteiger partial charge in [0.25, 0.3) is 5.91 Å². The lowest BCUT2D eigenvalue weighted by molar-refractivity contribution is -0.139. The average Bonchev–Trinajstić information content (AvgIpc) is 2.88. The Balaban J connectivity index is 2.23. The molecule has 0 aliphatic carbocycles. The van der Waals surface area contributed by atoms with Crippen molar-refractivity contribution in [3.8, 4) is 12.3 Å². The highest BCUT2D eigenvalue weighted by Crippen LogP contribution is 2.13. The minimum Gasteiger partial charge on any atom is -0.480 e. The molecule has 1 amide bonds. The molecule has 7 heteroatoms. The molecule has 1 aromatic heterocycles. The highest BCUT2D eigenvalue weighted by molar-refractivity contribution is 5.99. The topological polar surface area (TPSA) is 97.1 Å². The van der Waals surface area contributed by atoms with Crippen molar-refractivity contribution in [2.75, 3.05) is 0 Å². The minimum absolute atomic E-state index is 0.0741. The molecule has 0 saturated carbocycles. The number of hydrogen-bond donors (Lipinski definition) is 2. The molecule has 0 fully saturated rings. The fourth-order valence-corrected chi connectivity index (χ4v) is 1.91. The van der Waals surface area contributed by atoms with E-state index in [-0.39, 0.29) is 6.42 Å². The van der Waals surface area contributed by atoms with Gasteiger partial charge in [-0.1, -0.05) is 5.21 Å². The van der Waals surface area contributed by atoms with Gasteiger partial charge in [-0.15, -0.1) is 17.4 Å². The lowest BCUT2D eigenvalue weighted by atomic mass is 10.1. The number of aromatic nitrogens is 3. The lowest BCUT2D eigenvalue weighted by Crippen LogP contribution is -2.40. The Morgan fingerprint density at radius 1 is 1.52 bits per heavy atom. The molecule has 2 aromatic rings. The number of aryl methyl sites for hydroxylation is 1. The maximum Gasteiger partial charge on any atom is 0.327 e. The summed E-state index contributed by atoms with van der Waals surface area (Å²) >= 11 is 0. The van der Waals surface area contributed by atoms with Crippen molar-refractivity contribution in [2.45, 2.75) is 25.9 Å². The Bertz CT molecular complexity index is 729. The van der Waals surface area contributed by atoms with E-state index in [2.05, 4.69) is 21.5 Å². The van der Waals surface area contributed by atoms with E-state index in [1.807, 2.05) is 6.92 Å². The van der Waals surface area contributed by atoms with Crippen LogP contribution in [-0.2, 0) is 11.3 Å². The zero-order chi connectivity index (χ0) is 15.4. The first-order valence-corrected chi connectivity index (χ1v) is 6.37. The van der Waals surface area contributed by atoms with Gasteiger partial charge in [-0.25, -0.2) is 9.48 Å². The zero-order valence-corrected chi connectivity index (χ0v) is 11.4. The number of carbonyl (C=O) groups excluding carboxylic acids is 1. The van der Waals surface area contributed by atoms with E-state index in [4.69, 9.17) is 11.5 Å². The second-order valence-electron chi connectivity index (χ2n) is 4.38. The van der Waals surface area contributed by atoms with Crippen molar-refractivity contribution >= 4 is 22.9 Å². The van der Waals surface area contributed by atoms with Crippen LogP contribution in [0.1, 0.15) is 23.7 Å². The molecular weight excluding hydrogens is 272 g/mol. The second-order valence-corrected chi connectivity index (χ2v) is 4.38. The number of rotatable bonds is 5. The van der Waals surface area contributed by atoms with Crippen LogP contribution in [0.2, 0.25) is 0 Å². The van der Waals surface area contributed by atoms with E-state index in [0.29, 0.717) is 17.6 Å². The van der Waals surface area contributed by atoms with E-state index < -0.39 is 17.9 Å². The Hall–Kier alpha value is -2.88. The van der Waals surface area contributed by atoms with Gasteiger partial charge in [0.05, 0.1) is 5.52 Å². The van der Waals surface area contributed by atoms with Crippen molar-refractivity contribution < 1.29 is 14.7 Å². The normalized spacial score (nSPS) is 11.8. The number of nitrogens with one attached hydrogen (secondary N) is 1. The largest absolute Gasteiger partial charge is 0.480 e. The third kappa shape index (κ3) is 3.00. The van der Waals surface area contributed by atoms with Gasteiger partial charge in [-0.3, -0.25) is 4.79 Å². The van der Waals surface area contributed by atoms with Crippen LogP contribution in [-0.4, -0.2) is 38.0 Å². The summed E-state index contributed by atoms with van der Waals surface area (Å²) in [6, 6.07) is 3.79. The first-order chi connectivity index (χ1) is 10.1. The minimum atomic E-state index is -1.17. The number of fused-ring (bicyclic) bond motifs is 1. The lowest BCUT2D eigenvalue weighted by Gasteiger charge is -2.11. The van der Waals surface area contributed by atoms with Crippen LogP contribution in [0.15, 0.2) is 18.2 Å². The SMILES string of the molecule is C#CCC(NC(=O)c1ccc2c(c1)nnn2CC)C(=O)O. The van der Waals surface area contributed by atoms with E-state index >= 15 is 0 Å². The number of nitrogens with zero attached hydrogens (tertiary/aromatic N) is 3. The first kappa shape index (κ1) is 14.5. The van der Waals surface area contributed by atoms with Gasteiger partial charge >= 0.3 is 5.97 Å². The van der Waals surface area contributed by atoms with Crippen LogP contribution >= 0.6 is 0 Å². The molecule has 2 N–H and O–H groups in total. The monoisotopic (exact) mass is 286 g/mol. The molecule has 0 aliphatic heterocycles. The number of carboxylic acid groups (broad SMARTS) is 1. The number of amides is 1. The first-order valence-electron chi connectivity index (χ1n) is 6.37. The summed E-state index contributed by atoms with van der Waals surface area (Å²) in [4.78, 5) is 23.0. The summed E-state index contributed by atoms with van der Waals surface area (Å²) in [5, 5.41) is 19.3. The highest BCUT2D eigenvalue weighted by Gasteiger charge is 2.20. The molecule has 108 valence electrons. The summed E-state index contributed by atoms with van der Waals surface area (Å²) in [6.45, 7) is 2.61.